The number of hydrogen-bond donors (Lipinski definition) is 4. The summed E-state index contributed by atoms with van der Waals surface area (Å²) in [6.45, 7) is 0. The number of primary amides is 2. The molecule has 4 unspecified atom stereocenters. The summed E-state index contributed by atoms with van der Waals surface area (Å²) in [6.07, 6.45) is -0.237. The molecule has 2 amide bonds. The average molecular weight is 244 g/mol. The number of carbonyl (C=O) groups excluding carboxylic acids is 2. The van der Waals surface area contributed by atoms with E-state index in [2.05, 4.69) is 0 Å². The van der Waals surface area contributed by atoms with Gasteiger partial charge < -0.3 is 21.7 Å². The molecule has 0 heterocycles. The number of nitrogens with two attached hydrogens (primary N) is 2. The van der Waals surface area contributed by atoms with Crippen molar-refractivity contribution in [1.82, 2.24) is 0 Å². The maximum absolute atomic E-state index is 11.1. The number of carboxylic acid groups (broad SMARTS) is 2. The van der Waals surface area contributed by atoms with Gasteiger partial charge in [0.2, 0.25) is 11.8 Å². The SMILES string of the molecule is NC(=O)C1CC(C(N)=O)C(C(=O)O)C1C(=O)O. The summed E-state index contributed by atoms with van der Waals surface area (Å²) in [5.41, 5.74) is 10.0. The van der Waals surface area contributed by atoms with Crippen molar-refractivity contribution in [2.24, 2.45) is 35.1 Å². The Morgan fingerprint density at radius 2 is 1.12 bits per heavy atom. The second-order valence-electron chi connectivity index (χ2n) is 3.98. The van der Waals surface area contributed by atoms with Gasteiger partial charge in [-0.2, -0.15) is 0 Å². The van der Waals surface area contributed by atoms with Crippen molar-refractivity contribution < 1.29 is 29.4 Å². The molecule has 1 aliphatic rings. The Kier molecular flexibility index (Phi) is 3.35. The third-order valence-corrected chi connectivity index (χ3v) is 3.06. The van der Waals surface area contributed by atoms with Crippen LogP contribution < -0.4 is 11.5 Å². The number of hydrogen-bond acceptors (Lipinski definition) is 4. The van der Waals surface area contributed by atoms with Crippen LogP contribution in [-0.4, -0.2) is 34.0 Å². The lowest BCUT2D eigenvalue weighted by Gasteiger charge is -2.17. The molecule has 94 valence electrons. The topological polar surface area (TPSA) is 161 Å². The summed E-state index contributed by atoms with van der Waals surface area (Å²) in [7, 11) is 0. The van der Waals surface area contributed by atoms with Gasteiger partial charge in [-0.05, 0) is 6.42 Å². The van der Waals surface area contributed by atoms with E-state index >= 15 is 0 Å². The predicted octanol–water partition coefficient (Wildman–Crippen LogP) is -2.01. The molecule has 8 nitrogen and oxygen atoms in total. The van der Waals surface area contributed by atoms with E-state index in [0.29, 0.717) is 0 Å². The van der Waals surface area contributed by atoms with Gasteiger partial charge in [-0.1, -0.05) is 0 Å². The molecule has 0 aliphatic heterocycles. The second kappa shape index (κ2) is 4.40. The molecule has 0 aromatic heterocycles. The highest BCUT2D eigenvalue weighted by Crippen LogP contribution is 2.41. The Balaban J connectivity index is 3.17. The lowest BCUT2D eigenvalue weighted by Crippen LogP contribution is -2.38. The molecule has 0 aromatic carbocycles. The summed E-state index contributed by atoms with van der Waals surface area (Å²) >= 11 is 0. The molecule has 17 heavy (non-hydrogen) atoms. The molecule has 0 radical (unpaired) electrons. The Morgan fingerprint density at radius 1 is 0.824 bits per heavy atom. The van der Waals surface area contributed by atoms with Crippen LogP contribution in [0.2, 0.25) is 0 Å². The van der Waals surface area contributed by atoms with Crippen LogP contribution in [0.1, 0.15) is 6.42 Å². The molecule has 0 spiro atoms. The third-order valence-electron chi connectivity index (χ3n) is 3.06. The number of aliphatic carboxylic acids is 2. The van der Waals surface area contributed by atoms with Gasteiger partial charge >= 0.3 is 11.9 Å². The zero-order valence-electron chi connectivity index (χ0n) is 8.70. The third kappa shape index (κ3) is 2.19. The van der Waals surface area contributed by atoms with Gasteiger partial charge in [0, 0.05) is 0 Å². The van der Waals surface area contributed by atoms with Gasteiger partial charge in [0.25, 0.3) is 0 Å². The first-order valence-corrected chi connectivity index (χ1v) is 4.81. The quantitative estimate of drug-likeness (QED) is 0.447. The zero-order chi connectivity index (χ0) is 13.3. The van der Waals surface area contributed by atoms with Crippen LogP contribution in [0.3, 0.4) is 0 Å². The van der Waals surface area contributed by atoms with Gasteiger partial charge in [0.1, 0.15) is 0 Å². The van der Waals surface area contributed by atoms with E-state index in [9.17, 15) is 19.2 Å². The van der Waals surface area contributed by atoms with E-state index < -0.39 is 47.4 Å². The highest BCUT2D eigenvalue weighted by atomic mass is 16.4. The monoisotopic (exact) mass is 244 g/mol. The standard InChI is InChI=1S/C9H12N2O6/c10-6(12)2-1-3(7(11)13)5(9(16)17)4(2)8(14)15/h2-5H,1H2,(H2,10,12)(H2,11,13)(H,14,15)(H,16,17). The second-order valence-corrected chi connectivity index (χ2v) is 3.98. The minimum Gasteiger partial charge on any atom is -0.481 e. The van der Waals surface area contributed by atoms with Crippen molar-refractivity contribution in [3.05, 3.63) is 0 Å². The van der Waals surface area contributed by atoms with Crippen molar-refractivity contribution in [1.29, 1.82) is 0 Å². The first kappa shape index (κ1) is 12.9. The fourth-order valence-electron chi connectivity index (χ4n) is 2.31. The largest absolute Gasteiger partial charge is 0.481 e. The van der Waals surface area contributed by atoms with Crippen LogP contribution in [0.25, 0.3) is 0 Å². The van der Waals surface area contributed by atoms with Gasteiger partial charge in [-0.3, -0.25) is 19.2 Å². The summed E-state index contributed by atoms with van der Waals surface area (Å²) < 4.78 is 0. The molecule has 6 N–H and O–H groups in total. The molecule has 1 saturated carbocycles. The molecule has 4 atom stereocenters. The van der Waals surface area contributed by atoms with Crippen LogP contribution >= 0.6 is 0 Å². The first-order chi connectivity index (χ1) is 7.77. The lowest BCUT2D eigenvalue weighted by atomic mass is 9.86. The number of rotatable bonds is 4. The summed E-state index contributed by atoms with van der Waals surface area (Å²) in [4.78, 5) is 44.1. The van der Waals surface area contributed by atoms with Crippen LogP contribution in [-0.2, 0) is 19.2 Å². The smallest absolute Gasteiger partial charge is 0.308 e. The average Bonchev–Trinajstić information content (AvgIpc) is 2.56. The number of amides is 2. The molecule has 0 aromatic rings. The minimum atomic E-state index is -1.51. The number of carboxylic acids is 2. The van der Waals surface area contributed by atoms with Crippen molar-refractivity contribution in [2.75, 3.05) is 0 Å². The van der Waals surface area contributed by atoms with Crippen molar-refractivity contribution in [3.8, 4) is 0 Å². The predicted molar refractivity (Wildman–Crippen MR) is 52.2 cm³/mol. The molecular weight excluding hydrogens is 232 g/mol. The van der Waals surface area contributed by atoms with Crippen LogP contribution in [0.4, 0.5) is 0 Å². The van der Waals surface area contributed by atoms with E-state index in [1.54, 1.807) is 0 Å². The fraction of sp³-hybridized carbons (Fsp3) is 0.556. The van der Waals surface area contributed by atoms with E-state index in [0.717, 1.165) is 0 Å². The van der Waals surface area contributed by atoms with E-state index in [-0.39, 0.29) is 6.42 Å². The normalized spacial score (nSPS) is 32.0. The Labute approximate surface area is 95.6 Å². The van der Waals surface area contributed by atoms with Crippen LogP contribution in [0.5, 0.6) is 0 Å². The molecule has 1 fully saturated rings. The zero-order valence-corrected chi connectivity index (χ0v) is 8.70. The van der Waals surface area contributed by atoms with Crippen molar-refractivity contribution in [3.63, 3.8) is 0 Å². The van der Waals surface area contributed by atoms with Crippen LogP contribution in [0, 0.1) is 23.7 Å². The van der Waals surface area contributed by atoms with Gasteiger partial charge in [-0.15, -0.1) is 0 Å². The maximum atomic E-state index is 11.1. The molecule has 8 heteroatoms. The summed E-state index contributed by atoms with van der Waals surface area (Å²) in [6, 6.07) is 0. The van der Waals surface area contributed by atoms with Crippen molar-refractivity contribution in [2.45, 2.75) is 6.42 Å². The Hall–Kier alpha value is -2.12. The van der Waals surface area contributed by atoms with Crippen molar-refractivity contribution >= 4 is 23.8 Å². The summed E-state index contributed by atoms with van der Waals surface area (Å²) in [5, 5.41) is 17.9. The molecular formula is C9H12N2O6. The molecule has 1 rings (SSSR count). The highest BCUT2D eigenvalue weighted by Gasteiger charge is 2.54. The highest BCUT2D eigenvalue weighted by molar-refractivity contribution is 5.93. The molecule has 0 bridgehead atoms. The van der Waals surface area contributed by atoms with Gasteiger partial charge in [0.15, 0.2) is 0 Å². The first-order valence-electron chi connectivity index (χ1n) is 4.81. The fourth-order valence-corrected chi connectivity index (χ4v) is 2.31. The summed E-state index contributed by atoms with van der Waals surface area (Å²) in [5.74, 6) is -10.2. The van der Waals surface area contributed by atoms with E-state index in [4.69, 9.17) is 21.7 Å². The van der Waals surface area contributed by atoms with Crippen LogP contribution in [0.15, 0.2) is 0 Å². The van der Waals surface area contributed by atoms with Gasteiger partial charge in [-0.25, -0.2) is 0 Å². The Bertz CT molecular complexity index is 357. The van der Waals surface area contributed by atoms with E-state index in [1.807, 2.05) is 0 Å². The van der Waals surface area contributed by atoms with E-state index in [1.165, 1.54) is 0 Å². The molecule has 1 aliphatic carbocycles. The minimum absolute atomic E-state index is 0.237. The molecule has 0 saturated heterocycles. The van der Waals surface area contributed by atoms with Gasteiger partial charge in [0.05, 0.1) is 23.7 Å². The number of carbonyl (C=O) groups is 4. The maximum Gasteiger partial charge on any atom is 0.308 e. The lowest BCUT2D eigenvalue weighted by molar-refractivity contribution is -0.156. The Morgan fingerprint density at radius 3 is 1.29 bits per heavy atom.